The summed E-state index contributed by atoms with van der Waals surface area (Å²) in [7, 11) is 5.69. The number of nitrogens with one attached hydrogen (secondary N) is 3. The summed E-state index contributed by atoms with van der Waals surface area (Å²) in [4.78, 5) is 96.6. The Balaban J connectivity index is 1.13. The summed E-state index contributed by atoms with van der Waals surface area (Å²) in [6, 6.07) is 10.4. The van der Waals surface area contributed by atoms with E-state index < -0.39 is 41.4 Å². The molecule has 0 saturated carbocycles. The first-order chi connectivity index (χ1) is 26.9. The number of pyridine rings is 1. The molecule has 2 aromatic carbocycles. The third-order valence-corrected chi connectivity index (χ3v) is 10.9. The van der Waals surface area contributed by atoms with E-state index >= 15 is 0 Å². The van der Waals surface area contributed by atoms with Crippen molar-refractivity contribution in [2.45, 2.75) is 43.2 Å². The van der Waals surface area contributed by atoms with Gasteiger partial charge >= 0.3 is 11.9 Å². The van der Waals surface area contributed by atoms with Crippen LogP contribution < -0.4 is 21.1 Å². The van der Waals surface area contributed by atoms with E-state index in [1.54, 1.807) is 61.7 Å². The quantitative estimate of drug-likeness (QED) is 0.0588. The number of carboxylic acid groups (broad SMARTS) is 2. The zero-order chi connectivity index (χ0) is 40.4. The number of amides is 2. The topological polar surface area (TPSA) is 247 Å². The lowest BCUT2D eigenvalue weighted by molar-refractivity contribution is -0.142. The van der Waals surface area contributed by atoms with Crippen molar-refractivity contribution in [1.29, 1.82) is 0 Å². The molecule has 2 unspecified atom stereocenters. The molecule has 0 spiro atoms. The van der Waals surface area contributed by atoms with Crippen molar-refractivity contribution in [2.75, 3.05) is 31.4 Å². The number of methoxy groups -OCH3 is 1. The summed E-state index contributed by atoms with van der Waals surface area (Å²) in [6.45, 7) is 2.39. The van der Waals surface area contributed by atoms with Crippen molar-refractivity contribution in [3.05, 3.63) is 88.7 Å². The predicted molar refractivity (Wildman–Crippen MR) is 210 cm³/mol. The van der Waals surface area contributed by atoms with Gasteiger partial charge in [-0.1, -0.05) is 34.6 Å². The first-order valence-corrected chi connectivity index (χ1v) is 19.5. The summed E-state index contributed by atoms with van der Waals surface area (Å²) in [5, 5.41) is 25.1. The van der Waals surface area contributed by atoms with Gasteiger partial charge in [0.2, 0.25) is 5.91 Å². The molecule has 0 saturated heterocycles. The minimum absolute atomic E-state index is 0.0341. The van der Waals surface area contributed by atoms with E-state index in [4.69, 9.17) is 4.74 Å². The minimum atomic E-state index is -1.44. The molecule has 292 valence electrons. The van der Waals surface area contributed by atoms with Crippen LogP contribution in [0.1, 0.15) is 46.9 Å². The molecule has 0 aliphatic carbocycles. The van der Waals surface area contributed by atoms with Gasteiger partial charge in [-0.25, -0.2) is 24.5 Å². The van der Waals surface area contributed by atoms with Crippen LogP contribution in [0.15, 0.2) is 76.9 Å². The van der Waals surface area contributed by atoms with Gasteiger partial charge in [0.15, 0.2) is 22.8 Å². The van der Waals surface area contributed by atoms with Crippen molar-refractivity contribution in [1.82, 2.24) is 35.6 Å². The van der Waals surface area contributed by atoms with Crippen LogP contribution in [-0.2, 0) is 19.1 Å². The van der Waals surface area contributed by atoms with Crippen LogP contribution in [0, 0.1) is 5.92 Å². The maximum Gasteiger partial charge on any atom is 0.327 e. The van der Waals surface area contributed by atoms with Crippen molar-refractivity contribution in [2.24, 2.45) is 5.92 Å². The number of ether oxygens (including phenoxy) is 1. The van der Waals surface area contributed by atoms with Crippen molar-refractivity contribution >= 4 is 84.7 Å². The number of benzene rings is 2. The van der Waals surface area contributed by atoms with Crippen LogP contribution in [-0.4, -0.2) is 103 Å². The lowest BCUT2D eigenvalue weighted by Gasteiger charge is -2.19. The summed E-state index contributed by atoms with van der Waals surface area (Å²) in [5.74, 6) is -3.77. The average Bonchev–Trinajstić information content (AvgIpc) is 3.18. The van der Waals surface area contributed by atoms with Crippen LogP contribution in [0.25, 0.3) is 22.1 Å². The van der Waals surface area contributed by atoms with E-state index in [-0.39, 0.29) is 47.0 Å². The highest BCUT2D eigenvalue weighted by atomic mass is 33.1. The van der Waals surface area contributed by atoms with Gasteiger partial charge < -0.3 is 35.5 Å². The van der Waals surface area contributed by atoms with E-state index in [1.165, 1.54) is 46.2 Å². The fraction of sp³-hybridized carbons (Fsp3) is 0.297. The highest BCUT2D eigenvalue weighted by Gasteiger charge is 2.25. The molecular weight excluding hydrogens is 765 g/mol. The van der Waals surface area contributed by atoms with Gasteiger partial charge in [0, 0.05) is 72.7 Å². The highest BCUT2D eigenvalue weighted by molar-refractivity contribution is 8.76. The Morgan fingerprint density at radius 3 is 2.41 bits per heavy atom. The smallest absolute Gasteiger partial charge is 0.327 e. The molecule has 19 heteroatoms. The van der Waals surface area contributed by atoms with Crippen LogP contribution in [0.4, 0.5) is 11.5 Å². The number of aromatic amines is 1. The second-order valence-corrected chi connectivity index (χ2v) is 15.0. The number of hydrogen-bond donors (Lipinski definition) is 5. The number of fused-ring (bicyclic) bond motifs is 2. The fourth-order valence-electron chi connectivity index (χ4n) is 5.58. The van der Waals surface area contributed by atoms with Gasteiger partial charge in [-0.2, -0.15) is 0 Å². The van der Waals surface area contributed by atoms with Crippen LogP contribution >= 0.6 is 21.6 Å². The van der Waals surface area contributed by atoms with Crippen molar-refractivity contribution in [3.63, 3.8) is 0 Å². The molecular formula is C37H38N8O9S2. The maximum absolute atomic E-state index is 13.0. The third kappa shape index (κ3) is 10.4. The average molecular weight is 803 g/mol. The number of Topliss-reactive ketones (excluding diaryl/α,β-unsaturated/α-hetero) is 1. The van der Waals surface area contributed by atoms with E-state index in [1.807, 2.05) is 6.92 Å². The fourth-order valence-corrected chi connectivity index (χ4v) is 7.90. The highest BCUT2D eigenvalue weighted by Crippen LogP contribution is 2.37. The van der Waals surface area contributed by atoms with E-state index in [0.29, 0.717) is 45.9 Å². The molecule has 0 aliphatic rings. The summed E-state index contributed by atoms with van der Waals surface area (Å²) >= 11 is 0. The number of nitrogens with zero attached hydrogens (tertiary/aromatic N) is 5. The Bertz CT molecular complexity index is 2310. The second-order valence-electron chi connectivity index (χ2n) is 12.7. The number of carbonyl (C=O) groups is 5. The number of carboxylic acids is 2. The zero-order valence-electron chi connectivity index (χ0n) is 30.4. The molecule has 2 amide bonds. The van der Waals surface area contributed by atoms with E-state index in [0.717, 1.165) is 0 Å². The minimum Gasteiger partial charge on any atom is -0.480 e. The molecule has 3 aromatic heterocycles. The third-order valence-electron chi connectivity index (χ3n) is 8.50. The summed E-state index contributed by atoms with van der Waals surface area (Å²) in [6.07, 6.45) is 3.91. The number of ketones is 1. The Hall–Kier alpha value is -5.92. The zero-order valence-corrected chi connectivity index (χ0v) is 32.1. The number of aliphatic carboxylic acids is 2. The first kappa shape index (κ1) is 41.2. The second kappa shape index (κ2) is 19.1. The van der Waals surface area contributed by atoms with Crippen molar-refractivity contribution < 1.29 is 38.9 Å². The lowest BCUT2D eigenvalue weighted by atomic mass is 9.97. The SMILES string of the molecule is COCC(C)CC(=O)c1ccc(SSCC(NC(=O)CC[C@H](NC(=O)c2ccc(N(C)c3cnc4nc[nH]c(=O)c4n3)cc2)C(=O)O)C(=O)O)c2ncccc12. The number of rotatable bonds is 19. The number of carbonyl (C=O) groups excluding carboxylic acids is 3. The van der Waals surface area contributed by atoms with Gasteiger partial charge in [0.05, 0.1) is 18.0 Å². The number of H-pyrrole nitrogens is 1. The van der Waals surface area contributed by atoms with E-state index in [9.17, 15) is 39.0 Å². The molecule has 5 N–H and O–H groups in total. The molecule has 5 rings (SSSR count). The van der Waals surface area contributed by atoms with Gasteiger partial charge in [-0.05, 0) is 54.8 Å². The van der Waals surface area contributed by atoms with Crippen molar-refractivity contribution in [3.8, 4) is 0 Å². The lowest BCUT2D eigenvalue weighted by Crippen LogP contribution is -2.44. The molecule has 3 heterocycles. The summed E-state index contributed by atoms with van der Waals surface area (Å²) in [5.41, 5.74) is 1.64. The number of anilines is 2. The molecule has 3 atom stereocenters. The van der Waals surface area contributed by atoms with Crippen LogP contribution in [0.3, 0.4) is 0 Å². The Labute approximate surface area is 327 Å². The molecule has 0 aliphatic heterocycles. The predicted octanol–water partition coefficient (Wildman–Crippen LogP) is 3.86. The van der Waals surface area contributed by atoms with Gasteiger partial charge in [-0.15, -0.1) is 0 Å². The standard InChI is InChI=1S/C37H38N8O9S2/c1-20(17-54-3)15-27(46)23-10-12-28(31-24(23)5-4-14-38-31)56-55-18-26(37(52)53)42-30(47)13-11-25(36(50)51)43-34(48)21-6-8-22(9-7-21)45(2)29-16-39-33-32(44-29)35(49)41-19-40-33/h4-10,12,14,16,19-20,25-26H,11,13,15,17-18H2,1-3H3,(H,42,47)(H,43,48)(H,50,51)(H,52,53)(H,39,40,41,49)/t20?,25-,26?/m0/s1. The Kier molecular flexibility index (Phi) is 14.1. The van der Waals surface area contributed by atoms with Gasteiger partial charge in [0.25, 0.3) is 11.5 Å². The largest absolute Gasteiger partial charge is 0.480 e. The first-order valence-electron chi connectivity index (χ1n) is 17.2. The van der Waals surface area contributed by atoms with Gasteiger partial charge in [0.1, 0.15) is 12.1 Å². The number of hydrogen-bond acceptors (Lipinski definition) is 14. The normalized spacial score (nSPS) is 12.8. The van der Waals surface area contributed by atoms with E-state index in [2.05, 4.69) is 35.6 Å². The molecule has 0 bridgehead atoms. The van der Waals surface area contributed by atoms with Crippen LogP contribution in [0.2, 0.25) is 0 Å². The molecule has 0 fully saturated rings. The van der Waals surface area contributed by atoms with Crippen LogP contribution in [0.5, 0.6) is 0 Å². The van der Waals surface area contributed by atoms with Gasteiger partial charge in [-0.3, -0.25) is 24.2 Å². The monoisotopic (exact) mass is 802 g/mol. The summed E-state index contributed by atoms with van der Waals surface area (Å²) < 4.78 is 5.15. The molecule has 5 aromatic rings. The number of aromatic nitrogens is 5. The maximum atomic E-state index is 13.0. The molecule has 56 heavy (non-hydrogen) atoms. The Morgan fingerprint density at radius 1 is 0.946 bits per heavy atom. The Morgan fingerprint density at radius 2 is 1.70 bits per heavy atom. The molecule has 0 radical (unpaired) electrons. The molecule has 17 nitrogen and oxygen atoms in total.